The highest BCUT2D eigenvalue weighted by atomic mass is 19.1. The van der Waals surface area contributed by atoms with Crippen molar-refractivity contribution in [2.24, 2.45) is 0 Å². The molecule has 0 radical (unpaired) electrons. The molecule has 0 saturated carbocycles. The number of hydrogen-bond acceptors (Lipinski definition) is 4. The Kier molecular flexibility index (Phi) is 6.82. The third kappa shape index (κ3) is 5.01. The van der Waals surface area contributed by atoms with Gasteiger partial charge in [-0.1, -0.05) is 24.3 Å². The topological polar surface area (TPSA) is 68.5 Å². The number of rotatable bonds is 7. The average Bonchev–Trinajstić information content (AvgIpc) is 3.25. The first-order valence-corrected chi connectivity index (χ1v) is 11.3. The number of carbonyl (C=O) groups excluding carboxylic acids is 2. The van der Waals surface area contributed by atoms with Crippen molar-refractivity contribution in [2.75, 3.05) is 11.9 Å². The van der Waals surface area contributed by atoms with E-state index in [1.54, 1.807) is 42.7 Å². The summed E-state index contributed by atoms with van der Waals surface area (Å²) in [6.07, 6.45) is 3.15. The number of benzene rings is 3. The molecule has 178 valence electrons. The molecule has 0 spiro atoms. The number of ether oxygens (including phenoxy) is 1. The lowest BCUT2D eigenvalue weighted by Crippen LogP contribution is -2.09. The second-order valence-electron chi connectivity index (χ2n) is 8.30. The normalized spacial score (nSPS) is 11.5. The number of Topliss-reactive ketones (excluding diaryl/α,β-unsaturated/α-hetero) is 1. The van der Waals surface area contributed by atoms with Crippen molar-refractivity contribution in [1.82, 2.24) is 0 Å². The SMILES string of the molecule is CCOc1c(/C(C)=C/C(=O)Nc2cccc(C(C)=O)c2)cc2c(-c3ccc(F)cc3)coc2c1C. The number of halogens is 1. The number of hydrogen-bond donors (Lipinski definition) is 1. The van der Waals surface area contributed by atoms with E-state index >= 15 is 0 Å². The summed E-state index contributed by atoms with van der Waals surface area (Å²) in [6.45, 7) is 7.58. The minimum atomic E-state index is -0.325. The highest BCUT2D eigenvalue weighted by Crippen LogP contribution is 2.40. The summed E-state index contributed by atoms with van der Waals surface area (Å²) in [7, 11) is 0. The molecular formula is C29H26FNO4. The van der Waals surface area contributed by atoms with Crippen LogP contribution in [0.15, 0.2) is 71.4 Å². The molecule has 4 rings (SSSR count). The number of aryl methyl sites for hydroxylation is 1. The number of nitrogens with one attached hydrogen (secondary N) is 1. The predicted molar refractivity (Wildman–Crippen MR) is 136 cm³/mol. The Morgan fingerprint density at radius 2 is 1.83 bits per heavy atom. The molecular weight excluding hydrogens is 445 g/mol. The average molecular weight is 472 g/mol. The minimum Gasteiger partial charge on any atom is -0.493 e. The number of furan rings is 1. The number of amides is 1. The van der Waals surface area contributed by atoms with Crippen LogP contribution in [0.2, 0.25) is 0 Å². The van der Waals surface area contributed by atoms with E-state index in [1.807, 2.05) is 26.8 Å². The zero-order valence-electron chi connectivity index (χ0n) is 20.1. The maximum atomic E-state index is 13.5. The van der Waals surface area contributed by atoms with Crippen LogP contribution in [0.25, 0.3) is 27.7 Å². The molecule has 0 atom stereocenters. The molecule has 0 aliphatic heterocycles. The molecule has 3 aromatic carbocycles. The van der Waals surface area contributed by atoms with Gasteiger partial charge in [0.05, 0.1) is 12.9 Å². The molecule has 1 amide bonds. The molecule has 1 N–H and O–H groups in total. The van der Waals surface area contributed by atoms with E-state index in [0.29, 0.717) is 34.8 Å². The fourth-order valence-corrected chi connectivity index (χ4v) is 4.06. The molecule has 0 aliphatic rings. The monoisotopic (exact) mass is 471 g/mol. The Morgan fingerprint density at radius 3 is 2.51 bits per heavy atom. The molecule has 0 fully saturated rings. The number of allylic oxidation sites excluding steroid dienone is 1. The summed E-state index contributed by atoms with van der Waals surface area (Å²) >= 11 is 0. The van der Waals surface area contributed by atoms with Crippen LogP contribution in [0.3, 0.4) is 0 Å². The zero-order valence-corrected chi connectivity index (χ0v) is 20.1. The first kappa shape index (κ1) is 24.0. The van der Waals surface area contributed by atoms with Crippen LogP contribution in [-0.2, 0) is 4.79 Å². The first-order valence-electron chi connectivity index (χ1n) is 11.3. The van der Waals surface area contributed by atoms with Gasteiger partial charge in [-0.3, -0.25) is 9.59 Å². The van der Waals surface area contributed by atoms with Gasteiger partial charge in [-0.25, -0.2) is 4.39 Å². The number of ketones is 1. The summed E-state index contributed by atoms with van der Waals surface area (Å²) in [5.41, 5.74) is 5.66. The Bertz CT molecular complexity index is 1450. The molecule has 1 aromatic heterocycles. The maximum absolute atomic E-state index is 13.5. The third-order valence-electron chi connectivity index (χ3n) is 5.80. The van der Waals surface area contributed by atoms with E-state index < -0.39 is 0 Å². The summed E-state index contributed by atoms with van der Waals surface area (Å²) < 4.78 is 25.3. The van der Waals surface area contributed by atoms with E-state index in [2.05, 4.69) is 5.32 Å². The summed E-state index contributed by atoms with van der Waals surface area (Å²) in [5, 5.41) is 3.66. The number of anilines is 1. The van der Waals surface area contributed by atoms with Gasteiger partial charge >= 0.3 is 0 Å². The van der Waals surface area contributed by atoms with Crippen LogP contribution in [0.5, 0.6) is 5.75 Å². The van der Waals surface area contributed by atoms with Gasteiger partial charge in [-0.2, -0.15) is 0 Å². The molecule has 0 saturated heterocycles. The molecule has 0 aliphatic carbocycles. The van der Waals surface area contributed by atoms with E-state index in [0.717, 1.165) is 27.6 Å². The molecule has 1 heterocycles. The van der Waals surface area contributed by atoms with Crippen LogP contribution < -0.4 is 10.1 Å². The Hall–Kier alpha value is -4.19. The van der Waals surface area contributed by atoms with Gasteiger partial charge in [0, 0.05) is 39.4 Å². The number of fused-ring (bicyclic) bond motifs is 1. The quantitative estimate of drug-likeness (QED) is 0.229. The number of carbonyl (C=O) groups is 2. The van der Waals surface area contributed by atoms with Gasteiger partial charge in [0.1, 0.15) is 17.1 Å². The van der Waals surface area contributed by atoms with E-state index in [4.69, 9.17) is 9.15 Å². The van der Waals surface area contributed by atoms with Gasteiger partial charge in [0.2, 0.25) is 5.91 Å². The Balaban J connectivity index is 1.75. The highest BCUT2D eigenvalue weighted by molar-refractivity contribution is 6.06. The van der Waals surface area contributed by atoms with Crippen LogP contribution in [0, 0.1) is 12.7 Å². The van der Waals surface area contributed by atoms with Crippen LogP contribution in [0.1, 0.15) is 42.3 Å². The van der Waals surface area contributed by atoms with Gasteiger partial charge in [0.15, 0.2) is 5.78 Å². The second kappa shape index (κ2) is 9.97. The summed E-state index contributed by atoms with van der Waals surface area (Å²) in [5.74, 6) is -0.0693. The lowest BCUT2D eigenvalue weighted by atomic mass is 9.96. The molecule has 0 unspecified atom stereocenters. The van der Waals surface area contributed by atoms with Gasteiger partial charge in [-0.05, 0) is 69.2 Å². The van der Waals surface area contributed by atoms with Crippen molar-refractivity contribution < 1.29 is 23.1 Å². The second-order valence-corrected chi connectivity index (χ2v) is 8.30. The molecule has 35 heavy (non-hydrogen) atoms. The van der Waals surface area contributed by atoms with E-state index in [1.165, 1.54) is 25.1 Å². The van der Waals surface area contributed by atoms with Crippen molar-refractivity contribution in [3.05, 3.63) is 89.4 Å². The largest absolute Gasteiger partial charge is 0.493 e. The van der Waals surface area contributed by atoms with Crippen molar-refractivity contribution in [2.45, 2.75) is 27.7 Å². The standard InChI is InChI=1S/C29H26FNO4/c1-5-34-28-18(3)29-25(26(16-35-29)20-9-11-22(30)12-10-20)15-24(28)17(2)13-27(33)31-23-8-6-7-21(14-23)19(4)32/h6-16H,5H2,1-4H3,(H,31,33)/b17-13+. The lowest BCUT2D eigenvalue weighted by molar-refractivity contribution is -0.111. The fraction of sp³-hybridized carbons (Fsp3) is 0.172. The molecule has 4 aromatic rings. The molecule has 6 heteroatoms. The zero-order chi connectivity index (χ0) is 25.1. The van der Waals surface area contributed by atoms with Crippen LogP contribution in [-0.4, -0.2) is 18.3 Å². The highest BCUT2D eigenvalue weighted by Gasteiger charge is 2.19. The first-order chi connectivity index (χ1) is 16.8. The van der Waals surface area contributed by atoms with Crippen molar-refractivity contribution in [3.63, 3.8) is 0 Å². The molecule has 0 bridgehead atoms. The van der Waals surface area contributed by atoms with Gasteiger partial charge in [-0.15, -0.1) is 0 Å². The van der Waals surface area contributed by atoms with Crippen molar-refractivity contribution in [3.8, 4) is 16.9 Å². The van der Waals surface area contributed by atoms with Gasteiger partial charge in [0.25, 0.3) is 0 Å². The maximum Gasteiger partial charge on any atom is 0.248 e. The lowest BCUT2D eigenvalue weighted by Gasteiger charge is -2.15. The molecule has 5 nitrogen and oxygen atoms in total. The summed E-state index contributed by atoms with van der Waals surface area (Å²) in [4.78, 5) is 24.4. The Morgan fingerprint density at radius 1 is 1.09 bits per heavy atom. The minimum absolute atomic E-state index is 0.0740. The van der Waals surface area contributed by atoms with E-state index in [9.17, 15) is 14.0 Å². The van der Waals surface area contributed by atoms with Crippen LogP contribution >= 0.6 is 0 Å². The van der Waals surface area contributed by atoms with Gasteiger partial charge < -0.3 is 14.5 Å². The predicted octanol–water partition coefficient (Wildman–Crippen LogP) is 7.19. The Labute approximate surface area is 203 Å². The smallest absolute Gasteiger partial charge is 0.248 e. The van der Waals surface area contributed by atoms with Crippen molar-refractivity contribution in [1.29, 1.82) is 0 Å². The van der Waals surface area contributed by atoms with Crippen molar-refractivity contribution >= 4 is 33.9 Å². The summed E-state index contributed by atoms with van der Waals surface area (Å²) in [6, 6.07) is 15.0. The van der Waals surface area contributed by atoms with E-state index in [-0.39, 0.29) is 17.5 Å². The third-order valence-corrected chi connectivity index (χ3v) is 5.80. The van der Waals surface area contributed by atoms with Crippen LogP contribution in [0.4, 0.5) is 10.1 Å². The fourth-order valence-electron chi connectivity index (χ4n) is 4.06.